The largest absolute Gasteiger partial charge is 0.496 e. The molecule has 2 heterocycles. The molecule has 7 heteroatoms. The van der Waals surface area contributed by atoms with Crippen LogP contribution in [0.3, 0.4) is 0 Å². The summed E-state index contributed by atoms with van der Waals surface area (Å²) in [6.45, 7) is 3.98. The fraction of sp³-hybridized carbons (Fsp3) is 0.517. The van der Waals surface area contributed by atoms with E-state index in [1.54, 1.807) is 26.4 Å². The molecule has 3 aliphatic rings. The van der Waals surface area contributed by atoms with E-state index in [9.17, 15) is 9.59 Å². The van der Waals surface area contributed by atoms with Crippen molar-refractivity contribution in [1.29, 1.82) is 0 Å². The Morgan fingerprint density at radius 1 is 0.944 bits per heavy atom. The molecule has 2 fully saturated rings. The van der Waals surface area contributed by atoms with Gasteiger partial charge >= 0.3 is 0 Å². The number of nitrogens with zero attached hydrogens (tertiary/aromatic N) is 2. The van der Waals surface area contributed by atoms with E-state index in [0.29, 0.717) is 30.9 Å². The van der Waals surface area contributed by atoms with E-state index in [0.717, 1.165) is 31.5 Å². The molecule has 0 bridgehead atoms. The first kappa shape index (κ1) is 24.8. The summed E-state index contributed by atoms with van der Waals surface area (Å²) >= 11 is 0. The molecule has 2 atom stereocenters. The molecule has 2 amide bonds. The van der Waals surface area contributed by atoms with E-state index in [4.69, 9.17) is 9.47 Å². The summed E-state index contributed by atoms with van der Waals surface area (Å²) in [5.41, 5.74) is 2.59. The van der Waals surface area contributed by atoms with Crippen LogP contribution in [0.1, 0.15) is 59.6 Å². The van der Waals surface area contributed by atoms with E-state index in [1.807, 2.05) is 23.1 Å². The average Bonchev–Trinajstić information content (AvgIpc) is 3.17. The maximum absolute atomic E-state index is 13.3. The summed E-state index contributed by atoms with van der Waals surface area (Å²) in [4.78, 5) is 30.7. The first-order chi connectivity index (χ1) is 17.6. The number of nitrogens with one attached hydrogen (secondary N) is 1. The summed E-state index contributed by atoms with van der Waals surface area (Å²) in [5.74, 6) is 0.596. The zero-order valence-electron chi connectivity index (χ0n) is 21.4. The summed E-state index contributed by atoms with van der Waals surface area (Å²) < 4.78 is 11.6. The van der Waals surface area contributed by atoms with Crippen LogP contribution in [0.5, 0.6) is 5.75 Å². The number of piperidine rings is 2. The maximum Gasteiger partial charge on any atom is 0.255 e. The highest BCUT2D eigenvalue weighted by Crippen LogP contribution is 2.52. The van der Waals surface area contributed by atoms with E-state index >= 15 is 0 Å². The minimum Gasteiger partial charge on any atom is -0.496 e. The Balaban J connectivity index is 1.35. The molecular weight excluding hydrogens is 454 g/mol. The summed E-state index contributed by atoms with van der Waals surface area (Å²) in [5, 5.41) is 3.26. The molecule has 7 nitrogen and oxygen atoms in total. The molecule has 0 unspecified atom stereocenters. The first-order valence-corrected chi connectivity index (χ1v) is 13.1. The summed E-state index contributed by atoms with van der Waals surface area (Å²) in [6, 6.07) is 15.3. The van der Waals surface area contributed by atoms with E-state index in [2.05, 4.69) is 28.4 Å². The number of fused-ring (bicyclic) bond motifs is 2. The lowest BCUT2D eigenvalue weighted by molar-refractivity contribution is -0.135. The summed E-state index contributed by atoms with van der Waals surface area (Å²) in [6.07, 6.45) is 5.05. The molecule has 5 rings (SSSR count). The number of amides is 2. The third-order valence-electron chi connectivity index (χ3n) is 8.39. The molecule has 192 valence electrons. The maximum atomic E-state index is 13.3. The normalized spacial score (nSPS) is 23.3. The van der Waals surface area contributed by atoms with Gasteiger partial charge in [0.05, 0.1) is 31.4 Å². The van der Waals surface area contributed by atoms with Gasteiger partial charge in [0.1, 0.15) is 5.75 Å². The van der Waals surface area contributed by atoms with Gasteiger partial charge in [0.2, 0.25) is 5.91 Å². The Hall–Kier alpha value is -2.90. The second-order valence-electron chi connectivity index (χ2n) is 10.3. The highest BCUT2D eigenvalue weighted by atomic mass is 16.5. The number of benzene rings is 2. The van der Waals surface area contributed by atoms with Crippen LogP contribution < -0.4 is 10.1 Å². The lowest BCUT2D eigenvalue weighted by atomic mass is 9.72. The number of hydrogen-bond donors (Lipinski definition) is 1. The van der Waals surface area contributed by atoms with Gasteiger partial charge in [-0.1, -0.05) is 42.8 Å². The third-order valence-corrected chi connectivity index (χ3v) is 8.39. The van der Waals surface area contributed by atoms with Crippen molar-refractivity contribution in [3.05, 3.63) is 65.2 Å². The second-order valence-corrected chi connectivity index (χ2v) is 10.3. The smallest absolute Gasteiger partial charge is 0.255 e. The molecule has 1 spiro atoms. The fourth-order valence-electron chi connectivity index (χ4n) is 6.54. The predicted octanol–water partition coefficient (Wildman–Crippen LogP) is 3.54. The molecule has 1 N–H and O–H groups in total. The molecular formula is C29H37N3O4. The number of carbonyl (C=O) groups is 2. The molecule has 2 saturated heterocycles. The number of para-hydroxylation sites is 1. The van der Waals surface area contributed by atoms with Gasteiger partial charge in [-0.3, -0.25) is 14.5 Å². The van der Waals surface area contributed by atoms with Crippen LogP contribution in [-0.2, 0) is 14.9 Å². The number of likely N-dealkylation sites (tertiary alicyclic amines) is 2. The molecule has 0 saturated carbocycles. The van der Waals surface area contributed by atoms with Crippen molar-refractivity contribution in [1.82, 2.24) is 15.1 Å². The lowest BCUT2D eigenvalue weighted by Gasteiger charge is -2.44. The van der Waals surface area contributed by atoms with Gasteiger partial charge in [-0.15, -0.1) is 0 Å². The van der Waals surface area contributed by atoms with Crippen LogP contribution in [0, 0.1) is 0 Å². The second kappa shape index (κ2) is 10.6. The quantitative estimate of drug-likeness (QED) is 0.669. The molecule has 0 radical (unpaired) electrons. The van der Waals surface area contributed by atoms with Crippen LogP contribution in [0.2, 0.25) is 0 Å². The minimum atomic E-state index is -0.279. The van der Waals surface area contributed by atoms with Crippen molar-refractivity contribution >= 4 is 11.8 Å². The molecule has 0 aromatic heterocycles. The van der Waals surface area contributed by atoms with Gasteiger partial charge in [0.15, 0.2) is 0 Å². The minimum absolute atomic E-state index is 0.180. The number of ether oxygens (including phenoxy) is 2. The van der Waals surface area contributed by atoms with Gasteiger partial charge < -0.3 is 19.7 Å². The number of methoxy groups -OCH3 is 2. The van der Waals surface area contributed by atoms with Crippen LogP contribution >= 0.6 is 0 Å². The van der Waals surface area contributed by atoms with E-state index < -0.39 is 0 Å². The van der Waals surface area contributed by atoms with Gasteiger partial charge in [0.25, 0.3) is 5.91 Å². The van der Waals surface area contributed by atoms with Crippen LogP contribution in [0.4, 0.5) is 0 Å². The Labute approximate surface area is 213 Å². The molecule has 1 aliphatic carbocycles. The predicted molar refractivity (Wildman–Crippen MR) is 138 cm³/mol. The third kappa shape index (κ3) is 4.50. The van der Waals surface area contributed by atoms with Crippen molar-refractivity contribution in [2.75, 3.05) is 46.9 Å². The number of carbonyl (C=O) groups excluding carboxylic acids is 2. The zero-order chi connectivity index (χ0) is 25.1. The molecule has 2 aliphatic heterocycles. The highest BCUT2D eigenvalue weighted by Gasteiger charge is 2.54. The first-order valence-electron chi connectivity index (χ1n) is 13.1. The average molecular weight is 492 g/mol. The topological polar surface area (TPSA) is 71.1 Å². The van der Waals surface area contributed by atoms with Gasteiger partial charge in [-0.25, -0.2) is 0 Å². The van der Waals surface area contributed by atoms with Crippen molar-refractivity contribution in [3.8, 4) is 5.75 Å². The van der Waals surface area contributed by atoms with Crippen molar-refractivity contribution < 1.29 is 19.1 Å². The van der Waals surface area contributed by atoms with Crippen molar-refractivity contribution in [2.45, 2.75) is 49.7 Å². The fourth-order valence-corrected chi connectivity index (χ4v) is 6.54. The molecule has 2 aromatic carbocycles. The van der Waals surface area contributed by atoms with Gasteiger partial charge in [-0.05, 0) is 62.0 Å². The van der Waals surface area contributed by atoms with Gasteiger partial charge in [0, 0.05) is 25.6 Å². The Morgan fingerprint density at radius 2 is 1.64 bits per heavy atom. The monoisotopic (exact) mass is 491 g/mol. The Kier molecular flexibility index (Phi) is 7.30. The van der Waals surface area contributed by atoms with E-state index in [-0.39, 0.29) is 29.4 Å². The Bertz CT molecular complexity index is 1090. The number of rotatable bonds is 6. The van der Waals surface area contributed by atoms with Crippen molar-refractivity contribution in [3.63, 3.8) is 0 Å². The lowest BCUT2D eigenvalue weighted by Crippen LogP contribution is -2.53. The number of hydrogen-bond acceptors (Lipinski definition) is 5. The molecule has 2 aromatic rings. The van der Waals surface area contributed by atoms with Crippen LogP contribution in [0.25, 0.3) is 0 Å². The van der Waals surface area contributed by atoms with Crippen LogP contribution in [-0.4, -0.2) is 74.7 Å². The highest BCUT2D eigenvalue weighted by molar-refractivity contribution is 5.97. The van der Waals surface area contributed by atoms with Crippen LogP contribution in [0.15, 0.2) is 48.5 Å². The Morgan fingerprint density at radius 3 is 2.36 bits per heavy atom. The van der Waals surface area contributed by atoms with E-state index in [1.165, 1.54) is 24.8 Å². The zero-order valence-corrected chi connectivity index (χ0v) is 21.4. The van der Waals surface area contributed by atoms with Gasteiger partial charge in [-0.2, -0.15) is 0 Å². The SMILES string of the molecule is COc1ccccc1C(=O)N[C@@H]1c2ccccc2C2(CCN(C(=O)CN3CCCCC3)CC2)[C@H]1OC. The molecule has 36 heavy (non-hydrogen) atoms. The standard InChI is InChI=1S/C29H37N3O4/c1-35-24-13-7-5-11-22(24)28(34)30-26-21-10-4-6-12-23(21)29(27(26)36-2)14-18-32(19-15-29)25(33)20-31-16-8-3-9-17-31/h4-7,10-13,26-27H,3,8-9,14-20H2,1-2H3,(H,30,34)/t26-,27+/m1/s1. The summed E-state index contributed by atoms with van der Waals surface area (Å²) in [7, 11) is 3.30. The van der Waals surface area contributed by atoms with Crippen molar-refractivity contribution in [2.24, 2.45) is 0 Å².